The molecule has 0 saturated carbocycles. The monoisotopic (exact) mass is 272 g/mol. The van der Waals surface area contributed by atoms with Crippen molar-refractivity contribution in [2.24, 2.45) is 0 Å². The molecule has 0 aromatic carbocycles. The van der Waals surface area contributed by atoms with Crippen LogP contribution in [0.25, 0.3) is 0 Å². The fourth-order valence-electron chi connectivity index (χ4n) is 1.82. The summed E-state index contributed by atoms with van der Waals surface area (Å²) in [5.74, 6) is 0.636. The molecular formula is C14H20N6. The van der Waals surface area contributed by atoms with Gasteiger partial charge in [0.2, 0.25) is 5.95 Å². The van der Waals surface area contributed by atoms with Crippen LogP contribution in [0.3, 0.4) is 0 Å². The number of nitrogens with zero attached hydrogens (tertiary/aromatic N) is 4. The topological polar surface area (TPSA) is 75.6 Å². The van der Waals surface area contributed by atoms with Crippen LogP contribution in [0.5, 0.6) is 0 Å². The van der Waals surface area contributed by atoms with Crippen LogP contribution < -0.4 is 10.6 Å². The van der Waals surface area contributed by atoms with E-state index in [1.807, 2.05) is 6.07 Å². The van der Waals surface area contributed by atoms with Crippen molar-refractivity contribution in [1.29, 1.82) is 0 Å². The highest BCUT2D eigenvalue weighted by atomic mass is 15.1. The van der Waals surface area contributed by atoms with Gasteiger partial charge in [0.1, 0.15) is 6.33 Å². The summed E-state index contributed by atoms with van der Waals surface area (Å²) in [7, 11) is 0. The average molecular weight is 272 g/mol. The van der Waals surface area contributed by atoms with Crippen LogP contribution in [0.2, 0.25) is 0 Å². The summed E-state index contributed by atoms with van der Waals surface area (Å²) in [5.41, 5.74) is 1.41. The molecule has 2 rings (SSSR count). The molecule has 20 heavy (non-hydrogen) atoms. The lowest BCUT2D eigenvalue weighted by Crippen LogP contribution is -2.30. The maximum atomic E-state index is 4.56. The lowest BCUT2D eigenvalue weighted by molar-refractivity contribution is 0.584. The van der Waals surface area contributed by atoms with Crippen LogP contribution in [-0.4, -0.2) is 26.0 Å². The Hall–Kier alpha value is -2.24. The van der Waals surface area contributed by atoms with Gasteiger partial charge in [-0.25, -0.2) is 19.9 Å². The Balaban J connectivity index is 2.20. The van der Waals surface area contributed by atoms with Crippen molar-refractivity contribution in [2.45, 2.75) is 39.3 Å². The zero-order valence-corrected chi connectivity index (χ0v) is 12.3. The molecule has 0 atom stereocenters. The second-order valence-corrected chi connectivity index (χ2v) is 5.44. The summed E-state index contributed by atoms with van der Waals surface area (Å²) in [6.07, 6.45) is 6.75. The lowest BCUT2D eigenvalue weighted by atomic mass is 10.00. The first kappa shape index (κ1) is 14.2. The van der Waals surface area contributed by atoms with Gasteiger partial charge < -0.3 is 10.6 Å². The summed E-state index contributed by atoms with van der Waals surface area (Å²) in [6.45, 7) is 8.23. The molecule has 106 valence electrons. The molecule has 0 radical (unpaired) electrons. The summed E-state index contributed by atoms with van der Waals surface area (Å²) >= 11 is 0. The minimum atomic E-state index is -0.346. The van der Waals surface area contributed by atoms with Crippen molar-refractivity contribution < 1.29 is 0 Å². The standard InChI is InChI=1S/C14H20N6/c1-10(2)18-13-17-6-5-12(19-13)14(3,4)20-11-7-15-9-16-8-11/h5-10,20H,1-4H3,(H,17,18,19). The van der Waals surface area contributed by atoms with Crippen LogP contribution >= 0.6 is 0 Å². The molecule has 2 aromatic heterocycles. The predicted octanol–water partition coefficient (Wildman–Crippen LogP) is 2.43. The van der Waals surface area contributed by atoms with Crippen molar-refractivity contribution in [1.82, 2.24) is 19.9 Å². The van der Waals surface area contributed by atoms with E-state index in [4.69, 9.17) is 0 Å². The number of hydrogen-bond acceptors (Lipinski definition) is 6. The van der Waals surface area contributed by atoms with Crippen LogP contribution in [0, 0.1) is 0 Å². The number of anilines is 2. The highest BCUT2D eigenvalue weighted by Crippen LogP contribution is 2.23. The molecule has 2 aromatic rings. The zero-order valence-electron chi connectivity index (χ0n) is 12.3. The Morgan fingerprint density at radius 2 is 1.85 bits per heavy atom. The molecule has 0 aliphatic heterocycles. The van der Waals surface area contributed by atoms with E-state index in [2.05, 4.69) is 58.3 Å². The molecule has 0 saturated heterocycles. The smallest absolute Gasteiger partial charge is 0.223 e. The van der Waals surface area contributed by atoms with Gasteiger partial charge in [-0.2, -0.15) is 0 Å². The SMILES string of the molecule is CC(C)Nc1nccc(C(C)(C)Nc2cncnc2)n1. The molecule has 6 nitrogen and oxygen atoms in total. The van der Waals surface area contributed by atoms with E-state index < -0.39 is 0 Å². The molecular weight excluding hydrogens is 252 g/mol. The van der Waals surface area contributed by atoms with Crippen LogP contribution in [0.1, 0.15) is 33.4 Å². The molecule has 6 heteroatoms. The Bertz CT molecular complexity index is 553. The van der Waals surface area contributed by atoms with Crippen LogP contribution in [0.15, 0.2) is 31.0 Å². The van der Waals surface area contributed by atoms with E-state index in [0.29, 0.717) is 12.0 Å². The van der Waals surface area contributed by atoms with Gasteiger partial charge in [0.15, 0.2) is 0 Å². The molecule has 2 heterocycles. The Morgan fingerprint density at radius 3 is 2.50 bits per heavy atom. The molecule has 2 N–H and O–H groups in total. The molecule has 0 aliphatic rings. The first-order valence-electron chi connectivity index (χ1n) is 6.60. The Morgan fingerprint density at radius 1 is 1.15 bits per heavy atom. The zero-order chi connectivity index (χ0) is 14.6. The van der Waals surface area contributed by atoms with E-state index >= 15 is 0 Å². The maximum absolute atomic E-state index is 4.56. The molecule has 0 fully saturated rings. The third kappa shape index (κ3) is 3.63. The van der Waals surface area contributed by atoms with Crippen LogP contribution in [-0.2, 0) is 5.54 Å². The third-order valence-electron chi connectivity index (χ3n) is 2.73. The summed E-state index contributed by atoms with van der Waals surface area (Å²) < 4.78 is 0. The fourth-order valence-corrected chi connectivity index (χ4v) is 1.82. The molecule has 0 aliphatic carbocycles. The number of nitrogens with one attached hydrogen (secondary N) is 2. The van der Waals surface area contributed by atoms with Crippen molar-refractivity contribution >= 4 is 11.6 Å². The van der Waals surface area contributed by atoms with Gasteiger partial charge in [-0.1, -0.05) is 0 Å². The van der Waals surface area contributed by atoms with Crippen LogP contribution in [0.4, 0.5) is 11.6 Å². The van der Waals surface area contributed by atoms with Gasteiger partial charge in [0, 0.05) is 12.2 Å². The van der Waals surface area contributed by atoms with Gasteiger partial charge in [-0.05, 0) is 33.8 Å². The maximum Gasteiger partial charge on any atom is 0.223 e. The number of aromatic nitrogens is 4. The van der Waals surface area contributed by atoms with Gasteiger partial charge >= 0.3 is 0 Å². The average Bonchev–Trinajstić information content (AvgIpc) is 2.39. The Kier molecular flexibility index (Phi) is 4.12. The normalized spacial score (nSPS) is 11.4. The molecule has 0 spiro atoms. The highest BCUT2D eigenvalue weighted by Gasteiger charge is 2.22. The fraction of sp³-hybridized carbons (Fsp3) is 0.429. The summed E-state index contributed by atoms with van der Waals surface area (Å²) in [6, 6.07) is 2.20. The summed E-state index contributed by atoms with van der Waals surface area (Å²) in [4.78, 5) is 16.8. The van der Waals surface area contributed by atoms with Gasteiger partial charge in [-0.15, -0.1) is 0 Å². The first-order valence-corrected chi connectivity index (χ1v) is 6.60. The predicted molar refractivity (Wildman–Crippen MR) is 79.5 cm³/mol. The highest BCUT2D eigenvalue weighted by molar-refractivity contribution is 5.42. The van der Waals surface area contributed by atoms with Crippen molar-refractivity contribution in [3.8, 4) is 0 Å². The minimum Gasteiger partial charge on any atom is -0.372 e. The minimum absolute atomic E-state index is 0.295. The van der Waals surface area contributed by atoms with E-state index in [9.17, 15) is 0 Å². The third-order valence-corrected chi connectivity index (χ3v) is 2.73. The van der Waals surface area contributed by atoms with E-state index in [1.54, 1.807) is 18.6 Å². The van der Waals surface area contributed by atoms with Gasteiger partial charge in [0.25, 0.3) is 0 Å². The Labute approximate surface area is 119 Å². The van der Waals surface area contributed by atoms with Crippen molar-refractivity contribution in [3.05, 3.63) is 36.7 Å². The van der Waals surface area contributed by atoms with E-state index in [0.717, 1.165) is 11.4 Å². The van der Waals surface area contributed by atoms with Crippen molar-refractivity contribution in [2.75, 3.05) is 10.6 Å². The van der Waals surface area contributed by atoms with Crippen molar-refractivity contribution in [3.63, 3.8) is 0 Å². The van der Waals surface area contributed by atoms with Gasteiger partial charge in [0.05, 0.1) is 29.3 Å². The molecule has 0 unspecified atom stereocenters. The second-order valence-electron chi connectivity index (χ2n) is 5.44. The second kappa shape index (κ2) is 5.81. The van der Waals surface area contributed by atoms with E-state index in [1.165, 1.54) is 6.33 Å². The molecule has 0 amide bonds. The lowest BCUT2D eigenvalue weighted by Gasteiger charge is -2.27. The van der Waals surface area contributed by atoms with E-state index in [-0.39, 0.29) is 5.54 Å². The molecule has 0 bridgehead atoms. The van der Waals surface area contributed by atoms with Gasteiger partial charge in [-0.3, -0.25) is 0 Å². The quantitative estimate of drug-likeness (QED) is 0.870. The number of hydrogen-bond donors (Lipinski definition) is 2. The number of rotatable bonds is 5. The summed E-state index contributed by atoms with van der Waals surface area (Å²) in [5, 5.41) is 6.58. The largest absolute Gasteiger partial charge is 0.372 e. The first-order chi connectivity index (χ1) is 9.47.